The van der Waals surface area contributed by atoms with Crippen molar-refractivity contribution in [2.75, 3.05) is 0 Å². The molecule has 0 saturated carbocycles. The number of hydrogen-bond acceptors (Lipinski definition) is 1. The van der Waals surface area contributed by atoms with E-state index in [-0.39, 0.29) is 5.82 Å². The van der Waals surface area contributed by atoms with Crippen LogP contribution in [0, 0.1) is 5.82 Å². The van der Waals surface area contributed by atoms with Crippen LogP contribution in [0.15, 0.2) is 45.3 Å². The third-order valence-corrected chi connectivity index (χ3v) is 5.06. The van der Waals surface area contributed by atoms with Crippen molar-refractivity contribution < 1.29 is 9.50 Å². The molecule has 4 heteroatoms. The molecule has 2 aromatic rings. The molecule has 110 valence electrons. The number of aliphatic hydroxyl groups is 1. The van der Waals surface area contributed by atoms with Gasteiger partial charge in [-0.3, -0.25) is 0 Å². The molecule has 1 N–H and O–H groups in total. The summed E-state index contributed by atoms with van der Waals surface area (Å²) in [5.74, 6) is -0.256. The van der Waals surface area contributed by atoms with E-state index in [1.54, 1.807) is 12.1 Å². The summed E-state index contributed by atoms with van der Waals surface area (Å²) in [6.45, 7) is 0. The highest BCUT2D eigenvalue weighted by Crippen LogP contribution is 2.33. The van der Waals surface area contributed by atoms with E-state index < -0.39 is 5.60 Å². The molecular formula is C17H15Br2FO. The summed E-state index contributed by atoms with van der Waals surface area (Å²) in [6, 6.07) is 11.0. The van der Waals surface area contributed by atoms with Crippen LogP contribution in [0.1, 0.15) is 23.1 Å². The van der Waals surface area contributed by atoms with Crippen LogP contribution >= 0.6 is 31.9 Å². The zero-order chi connectivity index (χ0) is 15.0. The van der Waals surface area contributed by atoms with E-state index in [4.69, 9.17) is 0 Å². The van der Waals surface area contributed by atoms with Crippen molar-refractivity contribution in [3.8, 4) is 0 Å². The number of hydrogen-bond donors (Lipinski definition) is 1. The van der Waals surface area contributed by atoms with Gasteiger partial charge in [-0.2, -0.15) is 0 Å². The van der Waals surface area contributed by atoms with E-state index in [0.29, 0.717) is 24.8 Å². The summed E-state index contributed by atoms with van der Waals surface area (Å²) >= 11 is 6.83. The van der Waals surface area contributed by atoms with Crippen LogP contribution in [0.3, 0.4) is 0 Å². The van der Waals surface area contributed by atoms with E-state index in [2.05, 4.69) is 37.9 Å². The average molecular weight is 414 g/mol. The van der Waals surface area contributed by atoms with Crippen LogP contribution in [-0.2, 0) is 19.3 Å². The Balaban J connectivity index is 1.86. The lowest BCUT2D eigenvalue weighted by Gasteiger charge is -2.34. The maximum absolute atomic E-state index is 13.9. The fourth-order valence-corrected chi connectivity index (χ4v) is 3.81. The topological polar surface area (TPSA) is 20.2 Å². The monoisotopic (exact) mass is 412 g/mol. The quantitative estimate of drug-likeness (QED) is 0.748. The van der Waals surface area contributed by atoms with Gasteiger partial charge in [0.2, 0.25) is 0 Å². The molecule has 1 nitrogen and oxygen atoms in total. The summed E-state index contributed by atoms with van der Waals surface area (Å²) in [5.41, 5.74) is 2.11. The molecule has 0 aliphatic heterocycles. The molecule has 0 heterocycles. The lowest BCUT2D eigenvalue weighted by atomic mass is 9.77. The molecule has 1 atom stereocenters. The third kappa shape index (κ3) is 3.38. The molecule has 0 radical (unpaired) electrons. The highest BCUT2D eigenvalue weighted by molar-refractivity contribution is 9.10. The van der Waals surface area contributed by atoms with Gasteiger partial charge < -0.3 is 5.11 Å². The van der Waals surface area contributed by atoms with E-state index in [0.717, 1.165) is 20.9 Å². The van der Waals surface area contributed by atoms with Gasteiger partial charge in [-0.25, -0.2) is 4.39 Å². The van der Waals surface area contributed by atoms with E-state index in [1.807, 2.05) is 12.1 Å². The van der Waals surface area contributed by atoms with Gasteiger partial charge in [0.05, 0.1) is 5.60 Å². The first-order chi connectivity index (χ1) is 9.95. The molecule has 1 aliphatic rings. The largest absolute Gasteiger partial charge is 0.389 e. The fourth-order valence-electron chi connectivity index (χ4n) is 2.99. The van der Waals surface area contributed by atoms with Crippen LogP contribution in [0.4, 0.5) is 4.39 Å². The molecule has 0 amide bonds. The molecule has 0 spiro atoms. The van der Waals surface area contributed by atoms with E-state index >= 15 is 0 Å². The minimum absolute atomic E-state index is 0.256. The van der Waals surface area contributed by atoms with Crippen LogP contribution in [-0.4, -0.2) is 10.7 Å². The molecular weight excluding hydrogens is 399 g/mol. The fraction of sp³-hybridized carbons (Fsp3) is 0.294. The molecule has 1 aliphatic carbocycles. The molecule has 0 saturated heterocycles. The lowest BCUT2D eigenvalue weighted by molar-refractivity contribution is 0.0259. The van der Waals surface area contributed by atoms with Crippen molar-refractivity contribution >= 4 is 31.9 Å². The van der Waals surface area contributed by atoms with Gasteiger partial charge in [0.15, 0.2) is 0 Å². The maximum atomic E-state index is 13.9. The Kier molecular flexibility index (Phi) is 4.21. The van der Waals surface area contributed by atoms with Gasteiger partial charge in [0.1, 0.15) is 5.82 Å². The highest BCUT2D eigenvalue weighted by atomic mass is 79.9. The lowest BCUT2D eigenvalue weighted by Crippen LogP contribution is -2.38. The van der Waals surface area contributed by atoms with Gasteiger partial charge >= 0.3 is 0 Å². The number of aryl methyl sites for hydroxylation is 1. The molecule has 0 bridgehead atoms. The molecule has 0 aromatic heterocycles. The Morgan fingerprint density at radius 1 is 1.05 bits per heavy atom. The van der Waals surface area contributed by atoms with Crippen LogP contribution in [0.5, 0.6) is 0 Å². The van der Waals surface area contributed by atoms with Gasteiger partial charge in [-0.15, -0.1) is 0 Å². The van der Waals surface area contributed by atoms with Crippen molar-refractivity contribution in [1.82, 2.24) is 0 Å². The highest BCUT2D eigenvalue weighted by Gasteiger charge is 2.33. The van der Waals surface area contributed by atoms with Crippen molar-refractivity contribution in [2.24, 2.45) is 0 Å². The number of halogens is 3. The predicted molar refractivity (Wildman–Crippen MR) is 88.9 cm³/mol. The number of benzene rings is 2. The molecule has 0 fully saturated rings. The molecule has 21 heavy (non-hydrogen) atoms. The molecule has 1 unspecified atom stereocenters. The Hall–Kier alpha value is -0.710. The smallest absolute Gasteiger partial charge is 0.126 e. The first-order valence-corrected chi connectivity index (χ1v) is 8.47. The van der Waals surface area contributed by atoms with Crippen molar-refractivity contribution in [1.29, 1.82) is 0 Å². The van der Waals surface area contributed by atoms with Gasteiger partial charge in [-0.05, 0) is 59.9 Å². The Morgan fingerprint density at radius 2 is 1.76 bits per heavy atom. The third-order valence-electron chi connectivity index (χ3n) is 4.07. The van der Waals surface area contributed by atoms with E-state index in [9.17, 15) is 9.50 Å². The minimum Gasteiger partial charge on any atom is -0.389 e. The van der Waals surface area contributed by atoms with Crippen molar-refractivity contribution in [3.63, 3.8) is 0 Å². The molecule has 3 rings (SSSR count). The van der Waals surface area contributed by atoms with Gasteiger partial charge in [0.25, 0.3) is 0 Å². The van der Waals surface area contributed by atoms with Crippen LogP contribution in [0.25, 0.3) is 0 Å². The summed E-state index contributed by atoms with van der Waals surface area (Å²) in [4.78, 5) is 0. The Morgan fingerprint density at radius 3 is 2.57 bits per heavy atom. The van der Waals surface area contributed by atoms with Crippen LogP contribution in [0.2, 0.25) is 0 Å². The zero-order valence-electron chi connectivity index (χ0n) is 11.4. The number of rotatable bonds is 2. The minimum atomic E-state index is -0.873. The maximum Gasteiger partial charge on any atom is 0.126 e. The van der Waals surface area contributed by atoms with E-state index in [1.165, 1.54) is 11.6 Å². The SMILES string of the molecule is OC1(Cc2cc(Br)ccc2F)CCc2cc(Br)ccc2C1. The normalized spacial score (nSPS) is 21.1. The van der Waals surface area contributed by atoms with Crippen LogP contribution < -0.4 is 0 Å². The second-order valence-corrected chi connectivity index (χ2v) is 7.56. The van der Waals surface area contributed by atoms with Gasteiger partial charge in [0, 0.05) is 21.8 Å². The second-order valence-electron chi connectivity index (χ2n) is 5.73. The summed E-state index contributed by atoms with van der Waals surface area (Å²) in [7, 11) is 0. The van der Waals surface area contributed by atoms with Gasteiger partial charge in [-0.1, -0.05) is 37.9 Å². The zero-order valence-corrected chi connectivity index (χ0v) is 14.5. The van der Waals surface area contributed by atoms with Crippen molar-refractivity contribution in [2.45, 2.75) is 31.3 Å². The summed E-state index contributed by atoms with van der Waals surface area (Å²) < 4.78 is 15.8. The standard InChI is InChI=1S/C17H15Br2FO/c18-14-2-1-12-9-17(21,6-5-11(12)7-14)10-13-8-15(19)3-4-16(13)20/h1-4,7-8,21H,5-6,9-10H2. The predicted octanol–water partition coefficient (Wildman–Crippen LogP) is 4.81. The average Bonchev–Trinajstić information content (AvgIpc) is 2.43. The van der Waals surface area contributed by atoms with Crippen molar-refractivity contribution in [3.05, 3.63) is 67.9 Å². The Labute approximate surface area is 140 Å². The first-order valence-electron chi connectivity index (χ1n) is 6.89. The summed E-state index contributed by atoms with van der Waals surface area (Å²) in [5, 5.41) is 10.9. The number of fused-ring (bicyclic) bond motifs is 1. The first kappa shape index (κ1) is 15.2. The Bertz CT molecular complexity index is 686. The summed E-state index contributed by atoms with van der Waals surface area (Å²) in [6.07, 6.45) is 2.39. The second kappa shape index (κ2) is 5.82. The molecule has 2 aromatic carbocycles.